The van der Waals surface area contributed by atoms with Gasteiger partial charge in [-0.3, -0.25) is 14.6 Å². The van der Waals surface area contributed by atoms with Gasteiger partial charge in [0.2, 0.25) is 5.91 Å². The van der Waals surface area contributed by atoms with Crippen molar-refractivity contribution < 1.29 is 14.3 Å². The van der Waals surface area contributed by atoms with Crippen molar-refractivity contribution in [1.82, 2.24) is 24.7 Å². The number of carbonyl (C=O) groups excluding carboxylic acids is 1. The summed E-state index contributed by atoms with van der Waals surface area (Å²) in [7, 11) is 0. The van der Waals surface area contributed by atoms with Crippen LogP contribution in [0.4, 0.5) is 11.5 Å². The van der Waals surface area contributed by atoms with Crippen molar-refractivity contribution in [2.45, 2.75) is 63.6 Å². The molecule has 10 nitrogen and oxygen atoms in total. The Morgan fingerprint density at radius 2 is 1.74 bits per heavy atom. The smallest absolute Gasteiger partial charge is 0.318 e. The third kappa shape index (κ3) is 6.79. The zero-order valence-electron chi connectivity index (χ0n) is 29.6. The van der Waals surface area contributed by atoms with Gasteiger partial charge in [-0.2, -0.15) is 9.97 Å². The van der Waals surface area contributed by atoms with Crippen LogP contribution in [-0.2, 0) is 22.5 Å². The molecule has 0 unspecified atom stereocenters. The molecule has 5 aliphatic rings. The number of benzene rings is 2. The second kappa shape index (κ2) is 13.9. The number of carbonyl (C=O) groups is 1. The number of ether oxygens (including phenoxy) is 2. The van der Waals surface area contributed by atoms with Crippen LogP contribution in [0.3, 0.4) is 0 Å². The van der Waals surface area contributed by atoms with Crippen LogP contribution in [0, 0.1) is 0 Å². The predicted molar refractivity (Wildman–Crippen MR) is 198 cm³/mol. The minimum atomic E-state index is -0.146. The highest BCUT2D eigenvalue weighted by Gasteiger charge is 2.45. The largest absolute Gasteiger partial charge is 0.461 e. The van der Waals surface area contributed by atoms with Crippen LogP contribution in [0.15, 0.2) is 48.6 Å². The summed E-state index contributed by atoms with van der Waals surface area (Å²) in [6.45, 7) is 14.7. The van der Waals surface area contributed by atoms with Gasteiger partial charge in [0.15, 0.2) is 0 Å². The van der Waals surface area contributed by atoms with Crippen LogP contribution in [0.1, 0.15) is 50.8 Å². The molecule has 50 heavy (non-hydrogen) atoms. The van der Waals surface area contributed by atoms with Gasteiger partial charge >= 0.3 is 6.01 Å². The molecule has 0 aliphatic carbocycles. The van der Waals surface area contributed by atoms with E-state index in [2.05, 4.69) is 57.7 Å². The second-order valence-electron chi connectivity index (χ2n) is 15.3. The molecular weight excluding hydrogens is 650 g/mol. The summed E-state index contributed by atoms with van der Waals surface area (Å²) in [6.07, 6.45) is 9.39. The summed E-state index contributed by atoms with van der Waals surface area (Å²) >= 11 is 6.77. The topological polar surface area (TPSA) is 77.5 Å². The average Bonchev–Trinajstić information content (AvgIpc) is 3.71. The highest BCUT2D eigenvalue weighted by atomic mass is 35.5. The molecule has 3 aromatic rings. The van der Waals surface area contributed by atoms with Crippen LogP contribution in [0.2, 0.25) is 5.02 Å². The maximum Gasteiger partial charge on any atom is 0.318 e. The molecule has 1 amide bonds. The quantitative estimate of drug-likeness (QED) is 0.296. The van der Waals surface area contributed by atoms with Crippen LogP contribution in [-0.4, -0.2) is 120 Å². The second-order valence-corrected chi connectivity index (χ2v) is 15.7. The SMILES string of the molecule is CC1(C)CN(C/C=C/C(=O)N2CCN(c3nc(OCC45CCCN4CCC5)nc4c3CCN(c3cccc5cccc(Cl)c35)C4)CC2)CCO1. The fourth-order valence-corrected chi connectivity index (χ4v) is 9.22. The van der Waals surface area contributed by atoms with E-state index in [1.54, 1.807) is 6.08 Å². The molecule has 0 N–H and O–H groups in total. The summed E-state index contributed by atoms with van der Waals surface area (Å²) in [4.78, 5) is 35.1. The number of rotatable bonds is 8. The number of nitrogens with zero attached hydrogens (tertiary/aromatic N) is 7. The van der Waals surface area contributed by atoms with Gasteiger partial charge in [0.1, 0.15) is 12.4 Å². The van der Waals surface area contributed by atoms with E-state index in [0.29, 0.717) is 32.3 Å². The van der Waals surface area contributed by atoms with Gasteiger partial charge in [0, 0.05) is 75.1 Å². The van der Waals surface area contributed by atoms with Gasteiger partial charge in [-0.05, 0) is 76.6 Å². The summed E-state index contributed by atoms with van der Waals surface area (Å²) in [6, 6.07) is 13.0. The highest BCUT2D eigenvalue weighted by Crippen LogP contribution is 2.40. The number of piperazine rings is 1. The maximum absolute atomic E-state index is 13.2. The van der Waals surface area contributed by atoms with Gasteiger partial charge in [0.25, 0.3) is 0 Å². The molecule has 0 bridgehead atoms. The van der Waals surface area contributed by atoms with Gasteiger partial charge < -0.3 is 24.2 Å². The van der Waals surface area contributed by atoms with E-state index in [1.165, 1.54) is 31.2 Å². The number of morpholine rings is 1. The van der Waals surface area contributed by atoms with Crippen molar-refractivity contribution >= 4 is 39.8 Å². The van der Waals surface area contributed by atoms with Crippen molar-refractivity contribution in [2.24, 2.45) is 0 Å². The number of aromatic nitrogens is 2. The molecule has 5 aliphatic heterocycles. The molecule has 4 fully saturated rings. The Morgan fingerprint density at radius 1 is 0.960 bits per heavy atom. The third-order valence-electron chi connectivity index (χ3n) is 11.5. The lowest BCUT2D eigenvalue weighted by Gasteiger charge is -2.38. The van der Waals surface area contributed by atoms with Crippen LogP contribution in [0.25, 0.3) is 10.8 Å². The Labute approximate surface area is 301 Å². The van der Waals surface area contributed by atoms with Crippen LogP contribution < -0.4 is 14.5 Å². The third-order valence-corrected chi connectivity index (χ3v) is 11.8. The molecule has 8 rings (SSSR count). The summed E-state index contributed by atoms with van der Waals surface area (Å²) in [5.74, 6) is 1.04. The van der Waals surface area contributed by atoms with Crippen LogP contribution in [0.5, 0.6) is 6.01 Å². The molecule has 1 aromatic heterocycles. The number of hydrogen-bond donors (Lipinski definition) is 0. The van der Waals surface area contributed by atoms with Crippen molar-refractivity contribution in [3.63, 3.8) is 0 Å². The standard InChI is InChI=1S/C39H50ClN7O3/c1-38(2)27-43(24-25-50-38)16-5-12-34(48)44-20-22-45(23-21-44)36-30-13-19-46(33-11-4-9-29-8-3-10-31(40)35(29)33)26-32(30)41-37(42-36)49-28-39-14-6-17-47(39)18-7-15-39/h3-5,8-12H,6-7,13-28H2,1-2H3/b12-5+. The molecule has 0 spiro atoms. The number of halogens is 1. The average molecular weight is 700 g/mol. The molecule has 0 radical (unpaired) electrons. The minimum absolute atomic E-state index is 0.0761. The first-order chi connectivity index (χ1) is 24.3. The molecule has 4 saturated heterocycles. The van der Waals surface area contributed by atoms with Gasteiger partial charge in [0.05, 0.1) is 35.0 Å². The Balaban J connectivity index is 1.00. The van der Waals surface area contributed by atoms with E-state index in [4.69, 9.17) is 31.0 Å². The van der Waals surface area contributed by atoms with Crippen molar-refractivity contribution in [2.75, 3.05) is 88.5 Å². The predicted octanol–water partition coefficient (Wildman–Crippen LogP) is 5.17. The van der Waals surface area contributed by atoms with E-state index in [-0.39, 0.29) is 17.0 Å². The van der Waals surface area contributed by atoms with E-state index in [9.17, 15) is 4.79 Å². The first-order valence-electron chi connectivity index (χ1n) is 18.5. The van der Waals surface area contributed by atoms with Crippen molar-refractivity contribution in [1.29, 1.82) is 0 Å². The Hall–Kier alpha value is -3.44. The fraction of sp³-hybridized carbons (Fsp3) is 0.564. The summed E-state index contributed by atoms with van der Waals surface area (Å²) in [5, 5.41) is 2.98. The van der Waals surface area contributed by atoms with Gasteiger partial charge in [-0.25, -0.2) is 0 Å². The number of amides is 1. The Kier molecular flexibility index (Phi) is 9.39. The van der Waals surface area contributed by atoms with E-state index >= 15 is 0 Å². The fourth-order valence-electron chi connectivity index (χ4n) is 8.94. The zero-order valence-corrected chi connectivity index (χ0v) is 30.3. The summed E-state index contributed by atoms with van der Waals surface area (Å²) in [5.41, 5.74) is 3.30. The lowest BCUT2D eigenvalue weighted by molar-refractivity contribution is -0.126. The lowest BCUT2D eigenvalue weighted by atomic mass is 9.95. The first kappa shape index (κ1) is 33.7. The Morgan fingerprint density at radius 3 is 2.52 bits per heavy atom. The van der Waals surface area contributed by atoms with E-state index < -0.39 is 0 Å². The van der Waals surface area contributed by atoms with Crippen LogP contribution >= 0.6 is 11.6 Å². The van der Waals surface area contributed by atoms with E-state index in [0.717, 1.165) is 98.4 Å². The molecular formula is C39H50ClN7O3. The van der Waals surface area contributed by atoms with Gasteiger partial charge in [-0.1, -0.05) is 41.9 Å². The van der Waals surface area contributed by atoms with Crippen molar-refractivity contribution in [3.05, 3.63) is 64.8 Å². The van der Waals surface area contributed by atoms with E-state index in [1.807, 2.05) is 23.1 Å². The summed E-state index contributed by atoms with van der Waals surface area (Å²) < 4.78 is 12.4. The Bertz CT molecular complexity index is 1740. The number of hydrogen-bond acceptors (Lipinski definition) is 9. The molecule has 0 saturated carbocycles. The molecule has 0 atom stereocenters. The normalized spacial score (nSPS) is 22.3. The number of anilines is 2. The monoisotopic (exact) mass is 699 g/mol. The number of fused-ring (bicyclic) bond motifs is 3. The molecule has 11 heteroatoms. The lowest BCUT2D eigenvalue weighted by Crippen LogP contribution is -2.49. The minimum Gasteiger partial charge on any atom is -0.461 e. The van der Waals surface area contributed by atoms with Gasteiger partial charge in [-0.15, -0.1) is 0 Å². The maximum atomic E-state index is 13.2. The van der Waals surface area contributed by atoms with Crippen molar-refractivity contribution in [3.8, 4) is 6.01 Å². The molecule has 2 aromatic carbocycles. The zero-order chi connectivity index (χ0) is 34.3. The molecule has 266 valence electrons. The molecule has 6 heterocycles. The first-order valence-corrected chi connectivity index (χ1v) is 18.9. The highest BCUT2D eigenvalue weighted by molar-refractivity contribution is 6.36.